The number of hydrogen-bond acceptors (Lipinski definition) is 5. The van der Waals surface area contributed by atoms with Crippen molar-refractivity contribution in [3.05, 3.63) is 23.2 Å². The lowest BCUT2D eigenvalue weighted by Crippen LogP contribution is -2.36. The number of methoxy groups -OCH3 is 1. The number of anilines is 2. The van der Waals surface area contributed by atoms with Crippen molar-refractivity contribution >= 4 is 38.9 Å². The quantitative estimate of drug-likeness (QED) is 0.688. The molecule has 0 aliphatic rings. The second-order valence-corrected chi connectivity index (χ2v) is 6.60. The maximum Gasteiger partial charge on any atom is 0.241 e. The lowest BCUT2D eigenvalue weighted by Gasteiger charge is -2.13. The number of carbonyl (C=O) groups excluding carboxylic acids is 1. The summed E-state index contributed by atoms with van der Waals surface area (Å²) in [5.74, 6) is -0.369. The zero-order valence-corrected chi connectivity index (χ0v) is 13.3. The van der Waals surface area contributed by atoms with Gasteiger partial charge >= 0.3 is 0 Å². The minimum Gasteiger partial charge on any atom is -0.385 e. The molecule has 9 heteroatoms. The Bertz CT molecular complexity index is 607. The van der Waals surface area contributed by atoms with Gasteiger partial charge in [0.25, 0.3) is 0 Å². The van der Waals surface area contributed by atoms with Crippen LogP contribution in [0.3, 0.4) is 0 Å². The highest BCUT2D eigenvalue weighted by Gasteiger charge is 2.14. The molecule has 118 valence electrons. The first-order valence-electron chi connectivity index (χ1n) is 6.05. The summed E-state index contributed by atoms with van der Waals surface area (Å²) in [6.45, 7) is 0.382. The number of nitrogens with two attached hydrogens (primary N) is 1. The second-order valence-electron chi connectivity index (χ2n) is 4.45. The van der Waals surface area contributed by atoms with E-state index in [2.05, 4.69) is 10.0 Å². The first-order valence-corrected chi connectivity index (χ1v) is 8.32. The average molecular weight is 336 g/mol. The summed E-state index contributed by atoms with van der Waals surface area (Å²) in [5.41, 5.74) is 6.35. The molecule has 1 unspecified atom stereocenters. The average Bonchev–Trinajstić information content (AvgIpc) is 2.37. The molecular formula is C12H18ClN3O4S. The molecule has 21 heavy (non-hydrogen) atoms. The van der Waals surface area contributed by atoms with E-state index in [0.29, 0.717) is 18.7 Å². The van der Waals surface area contributed by atoms with Crippen LogP contribution in [0.1, 0.15) is 6.42 Å². The van der Waals surface area contributed by atoms with Gasteiger partial charge in [-0.2, -0.15) is 0 Å². The summed E-state index contributed by atoms with van der Waals surface area (Å²) < 4.78 is 29.4. The zero-order valence-electron chi connectivity index (χ0n) is 11.7. The molecule has 0 saturated heterocycles. The lowest BCUT2D eigenvalue weighted by atomic mass is 10.2. The van der Waals surface area contributed by atoms with Gasteiger partial charge in [0, 0.05) is 19.4 Å². The zero-order chi connectivity index (χ0) is 16.0. The van der Waals surface area contributed by atoms with Crippen LogP contribution in [0.15, 0.2) is 18.2 Å². The molecule has 0 aliphatic carbocycles. The third-order valence-corrected chi connectivity index (χ3v) is 3.41. The van der Waals surface area contributed by atoms with Crippen LogP contribution in [0.25, 0.3) is 0 Å². The van der Waals surface area contributed by atoms with Gasteiger partial charge in [-0.1, -0.05) is 11.6 Å². The molecule has 4 N–H and O–H groups in total. The Balaban J connectivity index is 2.73. The van der Waals surface area contributed by atoms with Gasteiger partial charge < -0.3 is 15.8 Å². The molecule has 0 saturated carbocycles. The van der Waals surface area contributed by atoms with Crippen molar-refractivity contribution in [1.29, 1.82) is 0 Å². The summed E-state index contributed by atoms with van der Waals surface area (Å²) >= 11 is 5.95. The van der Waals surface area contributed by atoms with Crippen molar-refractivity contribution in [3.8, 4) is 0 Å². The predicted molar refractivity (Wildman–Crippen MR) is 83.0 cm³/mol. The topological polar surface area (TPSA) is 111 Å². The van der Waals surface area contributed by atoms with Crippen LogP contribution >= 0.6 is 11.6 Å². The summed E-state index contributed by atoms with van der Waals surface area (Å²) in [7, 11) is -1.89. The van der Waals surface area contributed by atoms with Crippen molar-refractivity contribution in [2.75, 3.05) is 30.0 Å². The van der Waals surface area contributed by atoms with Crippen LogP contribution in [0.4, 0.5) is 11.4 Å². The van der Waals surface area contributed by atoms with E-state index in [-0.39, 0.29) is 16.6 Å². The molecule has 1 aromatic rings. The van der Waals surface area contributed by atoms with E-state index in [0.717, 1.165) is 6.26 Å². The molecule has 1 atom stereocenters. The Hall–Kier alpha value is -1.35. The van der Waals surface area contributed by atoms with Crippen molar-refractivity contribution in [2.45, 2.75) is 12.5 Å². The fourth-order valence-electron chi connectivity index (χ4n) is 1.49. The fourth-order valence-corrected chi connectivity index (χ4v) is 2.35. The van der Waals surface area contributed by atoms with Gasteiger partial charge in [-0.3, -0.25) is 9.52 Å². The molecule has 7 nitrogen and oxygen atoms in total. The fraction of sp³-hybridized carbons (Fsp3) is 0.417. The maximum atomic E-state index is 11.8. The van der Waals surface area contributed by atoms with Gasteiger partial charge in [0.2, 0.25) is 15.9 Å². The van der Waals surface area contributed by atoms with E-state index in [9.17, 15) is 13.2 Å². The van der Waals surface area contributed by atoms with Gasteiger partial charge in [-0.05, 0) is 24.6 Å². The monoisotopic (exact) mass is 335 g/mol. The molecule has 0 aliphatic heterocycles. The highest BCUT2D eigenvalue weighted by molar-refractivity contribution is 7.92. The van der Waals surface area contributed by atoms with E-state index < -0.39 is 16.1 Å². The Morgan fingerprint density at radius 3 is 2.67 bits per heavy atom. The van der Waals surface area contributed by atoms with Gasteiger partial charge in [0.1, 0.15) is 0 Å². The minimum atomic E-state index is -3.41. The molecule has 1 aromatic carbocycles. The van der Waals surface area contributed by atoms with Crippen LogP contribution in [-0.4, -0.2) is 40.3 Å². The number of amides is 1. The van der Waals surface area contributed by atoms with Crippen molar-refractivity contribution in [1.82, 2.24) is 0 Å². The number of nitrogens with one attached hydrogen (secondary N) is 2. The summed E-state index contributed by atoms with van der Waals surface area (Å²) in [6.07, 6.45) is 1.41. The highest BCUT2D eigenvalue weighted by Crippen LogP contribution is 2.26. The Labute approximate surface area is 128 Å². The molecule has 0 spiro atoms. The standard InChI is InChI=1S/C12H18ClN3O4S/c1-20-6-5-10(14)12(17)15-8-3-4-11(9(13)7-8)16-21(2,18)19/h3-4,7,10,16H,5-6,14H2,1-2H3,(H,15,17). The van der Waals surface area contributed by atoms with E-state index in [1.807, 2.05) is 0 Å². The van der Waals surface area contributed by atoms with Crippen LogP contribution in [-0.2, 0) is 19.6 Å². The van der Waals surface area contributed by atoms with Crippen molar-refractivity contribution in [2.24, 2.45) is 5.73 Å². The SMILES string of the molecule is COCCC(N)C(=O)Nc1ccc(NS(C)(=O)=O)c(Cl)c1. The van der Waals surface area contributed by atoms with E-state index in [1.165, 1.54) is 25.3 Å². The summed E-state index contributed by atoms with van der Waals surface area (Å²) in [4.78, 5) is 11.8. The van der Waals surface area contributed by atoms with Crippen LogP contribution in [0, 0.1) is 0 Å². The van der Waals surface area contributed by atoms with Gasteiger partial charge in [0.05, 0.1) is 23.0 Å². The number of carbonyl (C=O) groups is 1. The molecule has 0 bridgehead atoms. The first-order chi connectivity index (χ1) is 9.73. The number of hydrogen-bond donors (Lipinski definition) is 3. The predicted octanol–water partition coefficient (Wildman–Crippen LogP) is 1.01. The molecule has 1 amide bonds. The van der Waals surface area contributed by atoms with Crippen LogP contribution in [0.2, 0.25) is 5.02 Å². The molecule has 0 fully saturated rings. The number of halogens is 1. The normalized spacial score (nSPS) is 12.8. The maximum absolute atomic E-state index is 11.8. The summed E-state index contributed by atoms with van der Waals surface area (Å²) in [6, 6.07) is 3.73. The van der Waals surface area contributed by atoms with E-state index in [4.69, 9.17) is 22.1 Å². The number of ether oxygens (including phenoxy) is 1. The minimum absolute atomic E-state index is 0.170. The highest BCUT2D eigenvalue weighted by atomic mass is 35.5. The van der Waals surface area contributed by atoms with Gasteiger partial charge in [0.15, 0.2) is 0 Å². The number of sulfonamides is 1. The van der Waals surface area contributed by atoms with E-state index in [1.54, 1.807) is 0 Å². The molecule has 0 heterocycles. The van der Waals surface area contributed by atoms with Crippen molar-refractivity contribution in [3.63, 3.8) is 0 Å². The number of rotatable bonds is 7. The number of benzene rings is 1. The molecular weight excluding hydrogens is 318 g/mol. The van der Waals surface area contributed by atoms with Crippen LogP contribution < -0.4 is 15.8 Å². The van der Waals surface area contributed by atoms with E-state index >= 15 is 0 Å². The van der Waals surface area contributed by atoms with Crippen molar-refractivity contribution < 1.29 is 17.9 Å². The lowest BCUT2D eigenvalue weighted by molar-refractivity contribution is -0.117. The third kappa shape index (κ3) is 6.30. The third-order valence-electron chi connectivity index (χ3n) is 2.50. The smallest absolute Gasteiger partial charge is 0.241 e. The van der Waals surface area contributed by atoms with Gasteiger partial charge in [-0.15, -0.1) is 0 Å². The molecule has 0 radical (unpaired) electrons. The Morgan fingerprint density at radius 1 is 1.48 bits per heavy atom. The first kappa shape index (κ1) is 17.7. The largest absolute Gasteiger partial charge is 0.385 e. The molecule has 0 aromatic heterocycles. The van der Waals surface area contributed by atoms with Crippen LogP contribution in [0.5, 0.6) is 0 Å². The molecule has 1 rings (SSSR count). The second kappa shape index (κ2) is 7.60. The Kier molecular flexibility index (Phi) is 6.41. The Morgan fingerprint density at radius 2 is 2.14 bits per heavy atom. The van der Waals surface area contributed by atoms with Gasteiger partial charge in [-0.25, -0.2) is 8.42 Å². The summed E-state index contributed by atoms with van der Waals surface area (Å²) in [5, 5.41) is 2.77.